The van der Waals surface area contributed by atoms with Gasteiger partial charge in [-0.25, -0.2) is 9.59 Å². The highest BCUT2D eigenvalue weighted by Gasteiger charge is 2.29. The smallest absolute Gasteiger partial charge is 0.351 e. The number of hydrogen-bond acceptors (Lipinski definition) is 6. The van der Waals surface area contributed by atoms with Crippen molar-refractivity contribution in [1.82, 2.24) is 5.32 Å². The SMILES string of the molecule is NC(=O)NC(=O)COC(=O)[C@H]1COc2ccccc2O1. The Morgan fingerprint density at radius 3 is 2.70 bits per heavy atom. The van der Waals surface area contributed by atoms with Gasteiger partial charge in [-0.05, 0) is 12.1 Å². The fraction of sp³-hybridized carbons (Fsp3) is 0.250. The second kappa shape index (κ2) is 5.91. The number of hydrogen-bond donors (Lipinski definition) is 2. The first-order chi connectivity index (χ1) is 9.56. The molecule has 1 aromatic carbocycles. The van der Waals surface area contributed by atoms with Crippen molar-refractivity contribution in [3.63, 3.8) is 0 Å². The highest BCUT2D eigenvalue weighted by Crippen LogP contribution is 2.30. The van der Waals surface area contributed by atoms with Crippen LogP contribution in [0.25, 0.3) is 0 Å². The van der Waals surface area contributed by atoms with E-state index in [1.165, 1.54) is 0 Å². The van der Waals surface area contributed by atoms with Crippen molar-refractivity contribution in [1.29, 1.82) is 0 Å². The molecule has 0 bridgehead atoms. The lowest BCUT2D eigenvalue weighted by Crippen LogP contribution is -2.41. The lowest BCUT2D eigenvalue weighted by atomic mass is 10.2. The summed E-state index contributed by atoms with van der Waals surface area (Å²) in [5.41, 5.74) is 4.74. The van der Waals surface area contributed by atoms with Crippen molar-refractivity contribution in [3.05, 3.63) is 24.3 Å². The third-order valence-corrected chi connectivity index (χ3v) is 2.38. The van der Waals surface area contributed by atoms with Crippen molar-refractivity contribution >= 4 is 17.9 Å². The van der Waals surface area contributed by atoms with E-state index in [4.69, 9.17) is 19.9 Å². The summed E-state index contributed by atoms with van der Waals surface area (Å²) in [7, 11) is 0. The Kier molecular flexibility index (Phi) is 4.04. The molecule has 8 nitrogen and oxygen atoms in total. The number of carbonyl (C=O) groups excluding carboxylic acids is 3. The fourth-order valence-corrected chi connectivity index (χ4v) is 1.54. The zero-order valence-electron chi connectivity index (χ0n) is 10.3. The highest BCUT2D eigenvalue weighted by atomic mass is 16.6. The molecular formula is C12H12N2O6. The van der Waals surface area contributed by atoms with E-state index in [0.717, 1.165) is 0 Å². The Hall–Kier alpha value is -2.77. The first kappa shape index (κ1) is 13.7. The molecule has 1 aromatic rings. The number of urea groups is 1. The molecule has 1 aliphatic heterocycles. The van der Waals surface area contributed by atoms with Crippen LogP contribution in [0.3, 0.4) is 0 Å². The van der Waals surface area contributed by atoms with Gasteiger partial charge in [0, 0.05) is 0 Å². The van der Waals surface area contributed by atoms with Crippen LogP contribution in [-0.4, -0.2) is 37.2 Å². The quantitative estimate of drug-likeness (QED) is 0.725. The van der Waals surface area contributed by atoms with Gasteiger partial charge in [0.1, 0.15) is 6.61 Å². The number of carbonyl (C=O) groups is 3. The average molecular weight is 280 g/mol. The summed E-state index contributed by atoms with van der Waals surface area (Å²) in [5, 5.41) is 1.77. The largest absolute Gasteiger partial charge is 0.485 e. The maximum atomic E-state index is 11.7. The molecule has 3 N–H and O–H groups in total. The van der Waals surface area contributed by atoms with Crippen LogP contribution < -0.4 is 20.5 Å². The summed E-state index contributed by atoms with van der Waals surface area (Å²) in [5.74, 6) is -0.632. The van der Waals surface area contributed by atoms with Crippen molar-refractivity contribution in [2.45, 2.75) is 6.10 Å². The predicted molar refractivity (Wildman–Crippen MR) is 65.0 cm³/mol. The molecule has 0 aromatic heterocycles. The van der Waals surface area contributed by atoms with Crippen molar-refractivity contribution < 1.29 is 28.6 Å². The summed E-state index contributed by atoms with van der Waals surface area (Å²) in [6.07, 6.45) is -0.966. The minimum atomic E-state index is -1.02. The highest BCUT2D eigenvalue weighted by molar-refractivity contribution is 5.94. The number of ether oxygens (including phenoxy) is 3. The fourth-order valence-electron chi connectivity index (χ4n) is 1.54. The lowest BCUT2D eigenvalue weighted by molar-refractivity contribution is -0.157. The number of fused-ring (bicyclic) bond motifs is 1. The molecule has 0 aliphatic carbocycles. The molecule has 20 heavy (non-hydrogen) atoms. The van der Waals surface area contributed by atoms with E-state index in [-0.39, 0.29) is 6.61 Å². The molecular weight excluding hydrogens is 268 g/mol. The summed E-state index contributed by atoms with van der Waals surface area (Å²) >= 11 is 0. The number of nitrogens with two attached hydrogens (primary N) is 1. The predicted octanol–water partition coefficient (Wildman–Crippen LogP) is -0.435. The Balaban J connectivity index is 1.86. The third-order valence-electron chi connectivity index (χ3n) is 2.38. The van der Waals surface area contributed by atoms with E-state index in [0.29, 0.717) is 11.5 Å². The van der Waals surface area contributed by atoms with Crippen LogP contribution in [0.4, 0.5) is 4.79 Å². The van der Waals surface area contributed by atoms with Gasteiger partial charge in [0.2, 0.25) is 6.10 Å². The van der Waals surface area contributed by atoms with Crippen LogP contribution in [0.2, 0.25) is 0 Å². The van der Waals surface area contributed by atoms with E-state index in [9.17, 15) is 14.4 Å². The molecule has 1 aliphatic rings. The monoisotopic (exact) mass is 280 g/mol. The van der Waals surface area contributed by atoms with Crippen LogP contribution in [0.5, 0.6) is 11.5 Å². The molecule has 2 rings (SSSR count). The average Bonchev–Trinajstić information content (AvgIpc) is 2.43. The van der Waals surface area contributed by atoms with E-state index < -0.39 is 30.6 Å². The first-order valence-corrected chi connectivity index (χ1v) is 5.70. The third kappa shape index (κ3) is 3.37. The Labute approximate surface area is 113 Å². The number of esters is 1. The van der Waals surface area contributed by atoms with Gasteiger partial charge in [-0.3, -0.25) is 10.1 Å². The number of imide groups is 1. The van der Waals surface area contributed by atoms with E-state index >= 15 is 0 Å². The van der Waals surface area contributed by atoms with E-state index in [1.807, 2.05) is 0 Å². The second-order valence-electron chi connectivity index (χ2n) is 3.88. The summed E-state index contributed by atoms with van der Waals surface area (Å²) in [6.45, 7) is -0.642. The minimum Gasteiger partial charge on any atom is -0.485 e. The van der Waals surface area contributed by atoms with Gasteiger partial charge in [-0.2, -0.15) is 0 Å². The molecule has 1 atom stereocenters. The number of amides is 3. The number of nitrogens with one attached hydrogen (secondary N) is 1. The van der Waals surface area contributed by atoms with Gasteiger partial charge in [0.05, 0.1) is 0 Å². The van der Waals surface area contributed by atoms with Crippen molar-refractivity contribution in [3.8, 4) is 11.5 Å². The van der Waals surface area contributed by atoms with Gasteiger partial charge in [-0.1, -0.05) is 12.1 Å². The molecule has 106 valence electrons. The molecule has 3 amide bonds. The first-order valence-electron chi connectivity index (χ1n) is 5.70. The Morgan fingerprint density at radius 1 is 1.30 bits per heavy atom. The van der Waals surface area contributed by atoms with Crippen molar-refractivity contribution in [2.24, 2.45) is 5.73 Å². The summed E-state index contributed by atoms with van der Waals surface area (Å²) in [6, 6.07) is 5.84. The number of rotatable bonds is 3. The molecule has 8 heteroatoms. The van der Waals surface area contributed by atoms with Crippen LogP contribution in [0, 0.1) is 0 Å². The van der Waals surface area contributed by atoms with Crippen LogP contribution >= 0.6 is 0 Å². The maximum absolute atomic E-state index is 11.7. The Bertz CT molecular complexity index is 545. The molecule has 0 saturated heterocycles. The number of para-hydroxylation sites is 2. The minimum absolute atomic E-state index is 0.0206. The molecule has 0 saturated carbocycles. The van der Waals surface area contributed by atoms with Gasteiger partial charge in [0.25, 0.3) is 5.91 Å². The molecule has 0 spiro atoms. The second-order valence-corrected chi connectivity index (χ2v) is 3.88. The summed E-state index contributed by atoms with van der Waals surface area (Å²) < 4.78 is 15.4. The van der Waals surface area contributed by atoms with Crippen molar-refractivity contribution in [2.75, 3.05) is 13.2 Å². The topological polar surface area (TPSA) is 117 Å². The molecule has 0 fully saturated rings. The van der Waals surface area contributed by atoms with Gasteiger partial charge >= 0.3 is 12.0 Å². The lowest BCUT2D eigenvalue weighted by Gasteiger charge is -2.24. The van der Waals surface area contributed by atoms with Crippen LogP contribution in [0.1, 0.15) is 0 Å². The van der Waals surface area contributed by atoms with Gasteiger partial charge < -0.3 is 19.9 Å². The number of benzene rings is 1. The van der Waals surface area contributed by atoms with E-state index in [1.54, 1.807) is 29.6 Å². The van der Waals surface area contributed by atoms with Crippen LogP contribution in [-0.2, 0) is 14.3 Å². The van der Waals surface area contributed by atoms with Gasteiger partial charge in [0.15, 0.2) is 18.1 Å². The zero-order chi connectivity index (χ0) is 14.5. The van der Waals surface area contributed by atoms with Crippen LogP contribution in [0.15, 0.2) is 24.3 Å². The summed E-state index contributed by atoms with van der Waals surface area (Å²) in [4.78, 5) is 33.2. The number of primary amides is 1. The zero-order valence-corrected chi connectivity index (χ0v) is 10.3. The maximum Gasteiger partial charge on any atom is 0.351 e. The van der Waals surface area contributed by atoms with E-state index in [2.05, 4.69) is 0 Å². The van der Waals surface area contributed by atoms with Gasteiger partial charge in [-0.15, -0.1) is 0 Å². The molecule has 0 unspecified atom stereocenters. The molecule has 0 radical (unpaired) electrons. The molecule has 1 heterocycles. The Morgan fingerprint density at radius 2 is 2.00 bits per heavy atom. The normalized spacial score (nSPS) is 16.1. The standard InChI is InChI=1S/C12H12N2O6/c13-12(17)14-10(15)6-19-11(16)9-5-18-7-3-1-2-4-8(7)20-9/h1-4,9H,5-6H2,(H3,13,14,15,17)/t9-/m1/s1.